The number of aromatic nitrogens is 4. The van der Waals surface area contributed by atoms with Crippen LogP contribution in [0, 0.1) is 6.92 Å². The minimum Gasteiger partial charge on any atom is -0.383 e. The van der Waals surface area contributed by atoms with Crippen molar-refractivity contribution in [1.82, 2.24) is 25.1 Å². The third-order valence-corrected chi connectivity index (χ3v) is 5.66. The molecule has 2 aromatic heterocycles. The molecule has 9 heteroatoms. The predicted molar refractivity (Wildman–Crippen MR) is 125 cm³/mol. The van der Waals surface area contributed by atoms with Crippen molar-refractivity contribution in [1.29, 1.82) is 0 Å². The van der Waals surface area contributed by atoms with Gasteiger partial charge in [0.25, 0.3) is 0 Å². The number of hydrogen-bond acceptors (Lipinski definition) is 7. The van der Waals surface area contributed by atoms with E-state index in [2.05, 4.69) is 27.6 Å². The Morgan fingerprint density at radius 2 is 2.13 bits per heavy atom. The van der Waals surface area contributed by atoms with Crippen molar-refractivity contribution in [2.24, 2.45) is 0 Å². The van der Waals surface area contributed by atoms with Gasteiger partial charge < -0.3 is 15.4 Å². The number of thioether (sulfide) groups is 1. The van der Waals surface area contributed by atoms with Gasteiger partial charge in [0.15, 0.2) is 10.8 Å². The summed E-state index contributed by atoms with van der Waals surface area (Å²) in [5.74, 6) is 1.71. The minimum atomic E-state index is -0.00204. The number of fused-ring (bicyclic) bond motifs is 1. The highest BCUT2D eigenvalue weighted by Gasteiger charge is 2.13. The van der Waals surface area contributed by atoms with E-state index in [1.54, 1.807) is 25.1 Å². The second-order valence-electron chi connectivity index (χ2n) is 7.24. The lowest BCUT2D eigenvalue weighted by atomic mass is 10.1. The molecular formula is C22H30N6O2S. The topological polar surface area (TPSA) is 94.0 Å². The predicted octanol–water partition coefficient (Wildman–Crippen LogP) is 3.05. The Kier molecular flexibility index (Phi) is 8.66. The van der Waals surface area contributed by atoms with Crippen molar-refractivity contribution in [3.8, 4) is 0 Å². The quantitative estimate of drug-likeness (QED) is 0.253. The van der Waals surface area contributed by atoms with E-state index in [1.807, 2.05) is 35.9 Å². The molecule has 0 saturated carbocycles. The molecule has 2 heterocycles. The molecule has 0 fully saturated rings. The smallest absolute Gasteiger partial charge is 0.224 e. The Morgan fingerprint density at radius 1 is 1.26 bits per heavy atom. The fourth-order valence-corrected chi connectivity index (χ4v) is 3.83. The van der Waals surface area contributed by atoms with E-state index in [4.69, 9.17) is 9.72 Å². The van der Waals surface area contributed by atoms with Crippen LogP contribution in [0.15, 0.2) is 35.6 Å². The summed E-state index contributed by atoms with van der Waals surface area (Å²) in [7, 11) is 1.67. The zero-order valence-electron chi connectivity index (χ0n) is 18.4. The lowest BCUT2D eigenvalue weighted by Gasteiger charge is -2.10. The van der Waals surface area contributed by atoms with E-state index >= 15 is 0 Å². The zero-order valence-corrected chi connectivity index (χ0v) is 19.2. The van der Waals surface area contributed by atoms with Crippen LogP contribution in [0.3, 0.4) is 0 Å². The highest BCUT2D eigenvalue weighted by Crippen LogP contribution is 2.24. The summed E-state index contributed by atoms with van der Waals surface area (Å²) in [5, 5.41) is 12.4. The van der Waals surface area contributed by atoms with Crippen molar-refractivity contribution in [3.05, 3.63) is 41.6 Å². The summed E-state index contributed by atoms with van der Waals surface area (Å²) in [6, 6.07) is 8.00. The molecule has 166 valence electrons. The SMILES string of the molecule is CCCSc1nc(NCCOC)c2cnn(CCNC(=O)Cc3cccc(C)c3)c2n1. The molecule has 0 aliphatic carbocycles. The monoisotopic (exact) mass is 442 g/mol. The van der Waals surface area contributed by atoms with Gasteiger partial charge >= 0.3 is 0 Å². The first kappa shape index (κ1) is 23.0. The first-order valence-corrected chi connectivity index (χ1v) is 11.5. The van der Waals surface area contributed by atoms with Crippen molar-refractivity contribution < 1.29 is 9.53 Å². The van der Waals surface area contributed by atoms with Crippen LogP contribution in [0.1, 0.15) is 24.5 Å². The molecule has 0 unspecified atom stereocenters. The second-order valence-corrected chi connectivity index (χ2v) is 8.31. The van der Waals surface area contributed by atoms with Crippen molar-refractivity contribution in [2.75, 3.05) is 37.9 Å². The van der Waals surface area contributed by atoms with Gasteiger partial charge in [0.1, 0.15) is 5.82 Å². The number of hydrogen-bond donors (Lipinski definition) is 2. The van der Waals surface area contributed by atoms with E-state index in [0.29, 0.717) is 32.7 Å². The third-order valence-electron chi connectivity index (χ3n) is 4.60. The maximum Gasteiger partial charge on any atom is 0.224 e. The molecule has 8 nitrogen and oxygen atoms in total. The number of rotatable bonds is 12. The van der Waals surface area contributed by atoms with Crippen LogP contribution in [0.4, 0.5) is 5.82 Å². The van der Waals surface area contributed by atoms with Crippen molar-refractivity contribution >= 4 is 34.5 Å². The van der Waals surface area contributed by atoms with Gasteiger partial charge in [0, 0.05) is 26.0 Å². The average Bonchev–Trinajstić information content (AvgIpc) is 3.15. The molecule has 31 heavy (non-hydrogen) atoms. The average molecular weight is 443 g/mol. The summed E-state index contributed by atoms with van der Waals surface area (Å²) >= 11 is 1.63. The highest BCUT2D eigenvalue weighted by atomic mass is 32.2. The van der Waals surface area contributed by atoms with Crippen LogP contribution in [-0.2, 0) is 22.5 Å². The standard InChI is InChI=1S/C22H30N6O2S/c1-4-12-31-22-26-20(24-9-11-30-3)18-15-25-28(21(18)27-22)10-8-23-19(29)14-17-7-5-6-16(2)13-17/h5-7,13,15H,4,8-12,14H2,1-3H3,(H,23,29)(H,24,26,27). The van der Waals surface area contributed by atoms with Gasteiger partial charge in [-0.25, -0.2) is 14.6 Å². The Morgan fingerprint density at radius 3 is 2.90 bits per heavy atom. The van der Waals surface area contributed by atoms with Gasteiger partial charge in [-0.15, -0.1) is 0 Å². The molecule has 0 spiro atoms. The van der Waals surface area contributed by atoms with Crippen LogP contribution < -0.4 is 10.6 Å². The summed E-state index contributed by atoms with van der Waals surface area (Å²) in [6.07, 6.45) is 3.19. The van der Waals surface area contributed by atoms with E-state index < -0.39 is 0 Å². The second kappa shape index (κ2) is 11.7. The molecule has 3 aromatic rings. The van der Waals surface area contributed by atoms with Crippen LogP contribution in [0.5, 0.6) is 0 Å². The molecular weight excluding hydrogens is 412 g/mol. The summed E-state index contributed by atoms with van der Waals surface area (Å²) in [5.41, 5.74) is 2.93. The molecule has 0 bridgehead atoms. The number of amides is 1. The Hall–Kier alpha value is -2.65. The molecule has 0 atom stereocenters. The number of aryl methyl sites for hydroxylation is 1. The molecule has 2 N–H and O–H groups in total. The third kappa shape index (κ3) is 6.67. The molecule has 1 aromatic carbocycles. The summed E-state index contributed by atoms with van der Waals surface area (Å²) < 4.78 is 6.95. The Balaban J connectivity index is 1.66. The lowest BCUT2D eigenvalue weighted by molar-refractivity contribution is -0.120. The van der Waals surface area contributed by atoms with E-state index in [0.717, 1.165) is 45.3 Å². The first-order chi connectivity index (χ1) is 15.1. The molecule has 3 rings (SSSR count). The molecule has 1 amide bonds. The van der Waals surface area contributed by atoms with Gasteiger partial charge in [-0.05, 0) is 18.9 Å². The largest absolute Gasteiger partial charge is 0.383 e. The summed E-state index contributed by atoms with van der Waals surface area (Å²) in [6.45, 7) is 6.42. The van der Waals surface area contributed by atoms with E-state index in [9.17, 15) is 4.79 Å². The number of ether oxygens (including phenoxy) is 1. The van der Waals surface area contributed by atoms with Gasteiger partial charge in [-0.2, -0.15) is 5.10 Å². The molecule has 0 radical (unpaired) electrons. The zero-order chi connectivity index (χ0) is 22.1. The Labute approximate surface area is 187 Å². The van der Waals surface area contributed by atoms with E-state index in [-0.39, 0.29) is 5.91 Å². The fraction of sp³-hybridized carbons (Fsp3) is 0.455. The first-order valence-electron chi connectivity index (χ1n) is 10.5. The molecule has 0 aliphatic heterocycles. The maximum absolute atomic E-state index is 12.3. The molecule has 0 aliphatic rings. The van der Waals surface area contributed by atoms with Crippen molar-refractivity contribution in [2.45, 2.75) is 38.4 Å². The normalized spacial score (nSPS) is 11.1. The highest BCUT2D eigenvalue weighted by molar-refractivity contribution is 7.99. The molecule has 0 saturated heterocycles. The number of nitrogens with one attached hydrogen (secondary N) is 2. The number of nitrogens with zero attached hydrogens (tertiary/aromatic N) is 4. The Bertz CT molecular complexity index is 1010. The number of carbonyl (C=O) groups is 1. The number of carbonyl (C=O) groups excluding carboxylic acids is 1. The fourth-order valence-electron chi connectivity index (χ4n) is 3.13. The maximum atomic E-state index is 12.3. The van der Waals surface area contributed by atoms with Gasteiger partial charge in [-0.3, -0.25) is 4.79 Å². The number of anilines is 1. The van der Waals surface area contributed by atoms with Crippen molar-refractivity contribution in [3.63, 3.8) is 0 Å². The van der Waals surface area contributed by atoms with Crippen LogP contribution in [0.2, 0.25) is 0 Å². The van der Waals surface area contributed by atoms with Crippen LogP contribution in [0.25, 0.3) is 11.0 Å². The number of methoxy groups -OCH3 is 1. The van der Waals surface area contributed by atoms with Crippen LogP contribution in [-0.4, -0.2) is 58.2 Å². The van der Waals surface area contributed by atoms with Gasteiger partial charge in [0.2, 0.25) is 5.91 Å². The van der Waals surface area contributed by atoms with E-state index in [1.165, 1.54) is 0 Å². The van der Waals surface area contributed by atoms with Crippen LogP contribution >= 0.6 is 11.8 Å². The number of benzene rings is 1. The lowest BCUT2D eigenvalue weighted by Crippen LogP contribution is -2.29. The minimum absolute atomic E-state index is 0.00204. The van der Waals surface area contributed by atoms with Gasteiger partial charge in [-0.1, -0.05) is 48.5 Å². The summed E-state index contributed by atoms with van der Waals surface area (Å²) in [4.78, 5) is 21.7. The van der Waals surface area contributed by atoms with Gasteiger partial charge in [0.05, 0.1) is 31.2 Å².